The third-order valence-corrected chi connectivity index (χ3v) is 3.88. The standard InChI is InChI=1S/C15H20N4O/c1-11-2-3-13(15-19-18-10-20-15)8-14(11)17-9-12-4-6-16-7-5-12/h2-3,8,10,12,16-17H,4-7,9H2,1H3. The van der Waals surface area contributed by atoms with Crippen LogP contribution < -0.4 is 10.6 Å². The summed E-state index contributed by atoms with van der Waals surface area (Å²) in [7, 11) is 0. The number of aromatic nitrogens is 2. The topological polar surface area (TPSA) is 63.0 Å². The van der Waals surface area contributed by atoms with Gasteiger partial charge in [0.1, 0.15) is 0 Å². The Hall–Kier alpha value is -1.88. The Balaban J connectivity index is 1.70. The van der Waals surface area contributed by atoms with Crippen molar-refractivity contribution in [2.75, 3.05) is 25.0 Å². The van der Waals surface area contributed by atoms with E-state index < -0.39 is 0 Å². The maximum Gasteiger partial charge on any atom is 0.247 e. The number of hydrogen-bond acceptors (Lipinski definition) is 5. The fourth-order valence-corrected chi connectivity index (χ4v) is 2.58. The summed E-state index contributed by atoms with van der Waals surface area (Å²) in [5.41, 5.74) is 3.35. The number of aryl methyl sites for hydroxylation is 1. The van der Waals surface area contributed by atoms with Crippen molar-refractivity contribution in [1.29, 1.82) is 0 Å². The molecule has 0 amide bonds. The molecule has 0 bridgehead atoms. The lowest BCUT2D eigenvalue weighted by Crippen LogP contribution is -2.31. The van der Waals surface area contributed by atoms with E-state index in [2.05, 4.69) is 39.9 Å². The molecule has 1 aromatic carbocycles. The van der Waals surface area contributed by atoms with Crippen molar-refractivity contribution < 1.29 is 4.42 Å². The second-order valence-electron chi connectivity index (χ2n) is 5.35. The molecular formula is C15H20N4O. The lowest BCUT2D eigenvalue weighted by Gasteiger charge is -2.23. The Bertz CT molecular complexity index is 547. The fourth-order valence-electron chi connectivity index (χ4n) is 2.58. The van der Waals surface area contributed by atoms with Crippen molar-refractivity contribution in [3.63, 3.8) is 0 Å². The van der Waals surface area contributed by atoms with Crippen LogP contribution in [0.25, 0.3) is 11.5 Å². The molecule has 0 saturated carbocycles. The molecule has 2 heterocycles. The largest absolute Gasteiger partial charge is 0.423 e. The van der Waals surface area contributed by atoms with Gasteiger partial charge in [-0.1, -0.05) is 6.07 Å². The smallest absolute Gasteiger partial charge is 0.247 e. The Morgan fingerprint density at radius 1 is 1.35 bits per heavy atom. The van der Waals surface area contributed by atoms with E-state index in [-0.39, 0.29) is 0 Å². The van der Waals surface area contributed by atoms with Crippen LogP contribution in [0.3, 0.4) is 0 Å². The summed E-state index contributed by atoms with van der Waals surface area (Å²) in [5.74, 6) is 1.32. The highest BCUT2D eigenvalue weighted by Gasteiger charge is 2.13. The quantitative estimate of drug-likeness (QED) is 0.895. The van der Waals surface area contributed by atoms with E-state index in [9.17, 15) is 0 Å². The molecule has 1 aromatic heterocycles. The Kier molecular flexibility index (Phi) is 3.97. The first kappa shape index (κ1) is 13.1. The van der Waals surface area contributed by atoms with Gasteiger partial charge in [-0.3, -0.25) is 0 Å². The molecule has 0 atom stereocenters. The summed E-state index contributed by atoms with van der Waals surface area (Å²) in [4.78, 5) is 0. The summed E-state index contributed by atoms with van der Waals surface area (Å²) in [6.45, 7) is 5.40. The normalized spacial score (nSPS) is 16.2. The van der Waals surface area contributed by atoms with Gasteiger partial charge in [0, 0.05) is 17.8 Å². The van der Waals surface area contributed by atoms with Gasteiger partial charge in [0.25, 0.3) is 0 Å². The number of nitrogens with one attached hydrogen (secondary N) is 2. The molecule has 20 heavy (non-hydrogen) atoms. The average molecular weight is 272 g/mol. The Labute approximate surface area is 118 Å². The minimum absolute atomic E-state index is 0.565. The van der Waals surface area contributed by atoms with Gasteiger partial charge in [0.05, 0.1) is 0 Å². The molecule has 1 fully saturated rings. The lowest BCUT2D eigenvalue weighted by atomic mass is 9.98. The second kappa shape index (κ2) is 6.05. The van der Waals surface area contributed by atoms with Gasteiger partial charge in [0.2, 0.25) is 12.3 Å². The first-order valence-corrected chi connectivity index (χ1v) is 7.15. The van der Waals surface area contributed by atoms with E-state index in [0.29, 0.717) is 5.89 Å². The molecule has 2 N–H and O–H groups in total. The number of benzene rings is 1. The molecule has 0 radical (unpaired) electrons. The molecule has 1 aliphatic heterocycles. The molecule has 5 nitrogen and oxygen atoms in total. The van der Waals surface area contributed by atoms with Crippen LogP contribution in [0.5, 0.6) is 0 Å². The van der Waals surface area contributed by atoms with Crippen molar-refractivity contribution in [1.82, 2.24) is 15.5 Å². The number of anilines is 1. The Morgan fingerprint density at radius 2 is 2.20 bits per heavy atom. The van der Waals surface area contributed by atoms with Crippen molar-refractivity contribution in [2.24, 2.45) is 5.92 Å². The van der Waals surface area contributed by atoms with Crippen LogP contribution in [-0.2, 0) is 0 Å². The first-order valence-electron chi connectivity index (χ1n) is 7.15. The van der Waals surface area contributed by atoms with Crippen molar-refractivity contribution in [2.45, 2.75) is 19.8 Å². The van der Waals surface area contributed by atoms with Crippen LogP contribution in [0.4, 0.5) is 5.69 Å². The predicted octanol–water partition coefficient (Wildman–Crippen LogP) is 2.46. The number of nitrogens with zero attached hydrogens (tertiary/aromatic N) is 2. The highest BCUT2D eigenvalue weighted by molar-refractivity contribution is 5.64. The van der Waals surface area contributed by atoms with Crippen LogP contribution in [0.2, 0.25) is 0 Å². The zero-order chi connectivity index (χ0) is 13.8. The molecule has 0 aliphatic carbocycles. The van der Waals surface area contributed by atoms with Crippen molar-refractivity contribution in [3.8, 4) is 11.5 Å². The lowest BCUT2D eigenvalue weighted by molar-refractivity contribution is 0.390. The molecule has 1 saturated heterocycles. The average Bonchev–Trinajstić information content (AvgIpc) is 3.02. The van der Waals surface area contributed by atoms with Gasteiger partial charge in [-0.15, -0.1) is 10.2 Å². The van der Waals surface area contributed by atoms with Gasteiger partial charge < -0.3 is 15.1 Å². The van der Waals surface area contributed by atoms with Gasteiger partial charge in [-0.2, -0.15) is 0 Å². The van der Waals surface area contributed by atoms with Gasteiger partial charge in [0.15, 0.2) is 0 Å². The summed E-state index contributed by atoms with van der Waals surface area (Å²) >= 11 is 0. The Morgan fingerprint density at radius 3 is 2.95 bits per heavy atom. The van der Waals surface area contributed by atoms with Crippen LogP contribution in [0.1, 0.15) is 18.4 Å². The van der Waals surface area contributed by atoms with Gasteiger partial charge in [-0.05, 0) is 56.5 Å². The zero-order valence-electron chi connectivity index (χ0n) is 11.7. The minimum atomic E-state index is 0.565. The molecule has 3 rings (SSSR count). The summed E-state index contributed by atoms with van der Waals surface area (Å²) in [6.07, 6.45) is 3.85. The molecular weight excluding hydrogens is 252 g/mol. The van der Waals surface area contributed by atoms with E-state index in [0.717, 1.165) is 36.8 Å². The number of hydrogen-bond donors (Lipinski definition) is 2. The third-order valence-electron chi connectivity index (χ3n) is 3.88. The van der Waals surface area contributed by atoms with Crippen LogP contribution >= 0.6 is 0 Å². The van der Waals surface area contributed by atoms with E-state index in [1.54, 1.807) is 0 Å². The van der Waals surface area contributed by atoms with Crippen LogP contribution in [-0.4, -0.2) is 29.8 Å². The SMILES string of the molecule is Cc1ccc(-c2nnco2)cc1NCC1CCNCC1. The summed E-state index contributed by atoms with van der Waals surface area (Å²) in [5, 5.41) is 14.6. The molecule has 106 valence electrons. The zero-order valence-corrected chi connectivity index (χ0v) is 11.7. The van der Waals surface area contributed by atoms with E-state index in [1.165, 1.54) is 24.8 Å². The van der Waals surface area contributed by atoms with E-state index in [1.807, 2.05) is 6.07 Å². The van der Waals surface area contributed by atoms with Crippen molar-refractivity contribution >= 4 is 5.69 Å². The highest BCUT2D eigenvalue weighted by Crippen LogP contribution is 2.24. The number of rotatable bonds is 4. The van der Waals surface area contributed by atoms with Crippen LogP contribution in [0.15, 0.2) is 29.0 Å². The predicted molar refractivity (Wildman–Crippen MR) is 78.6 cm³/mol. The maximum atomic E-state index is 5.25. The van der Waals surface area contributed by atoms with Gasteiger partial charge in [-0.25, -0.2) is 0 Å². The minimum Gasteiger partial charge on any atom is -0.423 e. The monoisotopic (exact) mass is 272 g/mol. The number of piperidine rings is 1. The molecule has 0 spiro atoms. The van der Waals surface area contributed by atoms with Crippen molar-refractivity contribution in [3.05, 3.63) is 30.2 Å². The molecule has 2 aromatic rings. The summed E-state index contributed by atoms with van der Waals surface area (Å²) < 4.78 is 5.25. The van der Waals surface area contributed by atoms with Gasteiger partial charge >= 0.3 is 0 Å². The highest BCUT2D eigenvalue weighted by atomic mass is 16.4. The molecule has 5 heteroatoms. The summed E-state index contributed by atoms with van der Waals surface area (Å²) in [6, 6.07) is 6.19. The third kappa shape index (κ3) is 2.99. The van der Waals surface area contributed by atoms with E-state index >= 15 is 0 Å². The van der Waals surface area contributed by atoms with E-state index in [4.69, 9.17) is 4.42 Å². The molecule has 1 aliphatic rings. The maximum absolute atomic E-state index is 5.25. The van der Waals surface area contributed by atoms with Crippen LogP contribution in [0, 0.1) is 12.8 Å². The molecule has 0 unspecified atom stereocenters. The fraction of sp³-hybridized carbons (Fsp3) is 0.467. The first-order chi connectivity index (χ1) is 9.83. The second-order valence-corrected chi connectivity index (χ2v) is 5.35.